The highest BCUT2D eigenvalue weighted by molar-refractivity contribution is 7.63. The smallest absolute Gasteiger partial charge is 0.224 e. The van der Waals surface area contributed by atoms with Crippen LogP contribution in [0.3, 0.4) is 0 Å². The van der Waals surface area contributed by atoms with E-state index in [0.717, 1.165) is 61.3 Å². The first-order valence-corrected chi connectivity index (χ1v) is 13.4. The molecular weight excluding hydrogens is 464 g/mol. The van der Waals surface area contributed by atoms with E-state index in [4.69, 9.17) is 35.4 Å². The number of anilines is 1. The lowest BCUT2D eigenvalue weighted by atomic mass is 10.0. The lowest BCUT2D eigenvalue weighted by Gasteiger charge is -2.17. The van der Waals surface area contributed by atoms with Gasteiger partial charge >= 0.3 is 0 Å². The SMILES string of the molecule is OP(O)CP(O)OC[C@@H]1CC[C@H](c2ccc3c(NCC4CCOC4)nc(Cl)nc3c2)O1. The molecule has 0 spiro atoms. The van der Waals surface area contributed by atoms with Crippen LogP contribution in [0.1, 0.15) is 30.9 Å². The predicted octanol–water partition coefficient (Wildman–Crippen LogP) is 3.53. The van der Waals surface area contributed by atoms with Crippen LogP contribution in [-0.2, 0) is 14.0 Å². The third-order valence-corrected chi connectivity index (χ3v) is 8.01. The van der Waals surface area contributed by atoms with Gasteiger partial charge in [0.05, 0.1) is 36.8 Å². The first-order chi connectivity index (χ1) is 15.0. The largest absolute Gasteiger partial charge is 0.381 e. The quantitative estimate of drug-likeness (QED) is 0.309. The number of rotatable bonds is 9. The Kier molecular flexibility index (Phi) is 8.26. The molecule has 2 saturated heterocycles. The molecule has 0 bridgehead atoms. The molecule has 9 nitrogen and oxygen atoms in total. The van der Waals surface area contributed by atoms with Gasteiger partial charge in [0.15, 0.2) is 16.8 Å². The van der Waals surface area contributed by atoms with Crippen LogP contribution in [0, 0.1) is 5.92 Å². The maximum absolute atomic E-state index is 9.69. The highest BCUT2D eigenvalue weighted by atomic mass is 35.5. The Morgan fingerprint density at radius 3 is 2.84 bits per heavy atom. The normalized spacial score (nSPS) is 24.9. The fourth-order valence-electron chi connectivity index (χ4n) is 3.83. The third-order valence-electron chi connectivity index (χ3n) is 5.41. The van der Waals surface area contributed by atoms with E-state index in [1.54, 1.807) is 0 Å². The van der Waals surface area contributed by atoms with Gasteiger partial charge < -0.3 is 34.0 Å². The zero-order chi connectivity index (χ0) is 21.8. The maximum atomic E-state index is 9.69. The molecule has 0 amide bonds. The van der Waals surface area contributed by atoms with Crippen molar-refractivity contribution < 1.29 is 28.7 Å². The number of ether oxygens (including phenoxy) is 2. The molecule has 0 saturated carbocycles. The van der Waals surface area contributed by atoms with E-state index in [0.29, 0.717) is 5.92 Å². The van der Waals surface area contributed by atoms with Crippen molar-refractivity contribution in [2.45, 2.75) is 31.5 Å². The summed E-state index contributed by atoms with van der Waals surface area (Å²) in [5, 5.41) is 4.48. The van der Waals surface area contributed by atoms with E-state index in [2.05, 4.69) is 15.3 Å². The number of nitrogens with one attached hydrogen (secondary N) is 1. The summed E-state index contributed by atoms with van der Waals surface area (Å²) < 4.78 is 16.8. The average molecular weight is 490 g/mol. The summed E-state index contributed by atoms with van der Waals surface area (Å²) in [5.41, 5.74) is 1.75. The number of fused-ring (bicyclic) bond motifs is 1. The molecule has 2 fully saturated rings. The van der Waals surface area contributed by atoms with Crippen LogP contribution in [0.2, 0.25) is 5.28 Å². The van der Waals surface area contributed by atoms with Gasteiger partial charge in [-0.15, -0.1) is 0 Å². The molecular formula is C19H26ClN3O6P2. The lowest BCUT2D eigenvalue weighted by molar-refractivity contribution is 0.0178. The Bertz CT molecular complexity index is 889. The Hall–Kier alpha value is -0.730. The molecule has 170 valence electrons. The highest BCUT2D eigenvalue weighted by Gasteiger charge is 2.28. The molecule has 2 aromatic rings. The van der Waals surface area contributed by atoms with Crippen molar-refractivity contribution in [3.63, 3.8) is 0 Å². The summed E-state index contributed by atoms with van der Waals surface area (Å²) in [5.74, 6) is 1.06. The van der Waals surface area contributed by atoms with Crippen LogP contribution in [-0.4, -0.2) is 63.0 Å². The molecule has 4 N–H and O–H groups in total. The average Bonchev–Trinajstić information content (AvgIpc) is 3.41. The molecule has 12 heteroatoms. The van der Waals surface area contributed by atoms with Crippen molar-refractivity contribution >= 4 is 45.1 Å². The molecule has 0 radical (unpaired) electrons. The van der Waals surface area contributed by atoms with E-state index in [9.17, 15) is 4.89 Å². The van der Waals surface area contributed by atoms with Crippen LogP contribution in [0.4, 0.5) is 5.82 Å². The number of aromatic nitrogens is 2. The van der Waals surface area contributed by atoms with Crippen LogP contribution in [0.25, 0.3) is 10.9 Å². The van der Waals surface area contributed by atoms with Crippen molar-refractivity contribution in [2.75, 3.05) is 37.6 Å². The fraction of sp³-hybridized carbons (Fsp3) is 0.579. The van der Waals surface area contributed by atoms with Crippen molar-refractivity contribution in [3.8, 4) is 0 Å². The lowest BCUT2D eigenvalue weighted by Crippen LogP contribution is -2.15. The summed E-state index contributed by atoms with van der Waals surface area (Å²) in [6.45, 7) is 2.57. The molecule has 2 aliphatic heterocycles. The van der Waals surface area contributed by atoms with E-state index < -0.39 is 16.8 Å². The Morgan fingerprint density at radius 1 is 1.19 bits per heavy atom. The number of nitrogens with zero attached hydrogens (tertiary/aromatic N) is 2. The molecule has 1 aromatic carbocycles. The Labute approximate surface area is 187 Å². The fourth-order valence-corrected chi connectivity index (χ4v) is 5.54. The molecule has 3 heterocycles. The van der Waals surface area contributed by atoms with Crippen molar-refractivity contribution in [3.05, 3.63) is 29.0 Å². The second-order valence-electron chi connectivity index (χ2n) is 7.71. The third kappa shape index (κ3) is 6.41. The Morgan fingerprint density at radius 2 is 2.06 bits per heavy atom. The molecule has 31 heavy (non-hydrogen) atoms. The summed E-state index contributed by atoms with van der Waals surface area (Å²) >= 11 is 6.17. The summed E-state index contributed by atoms with van der Waals surface area (Å²) in [4.78, 5) is 36.3. The van der Waals surface area contributed by atoms with Gasteiger partial charge in [0.2, 0.25) is 5.28 Å². The summed E-state index contributed by atoms with van der Waals surface area (Å²) in [7, 11) is -4.00. The number of hydrogen-bond acceptors (Lipinski definition) is 9. The van der Waals surface area contributed by atoms with Gasteiger partial charge in [-0.05, 0) is 48.6 Å². The number of hydrogen-bond donors (Lipinski definition) is 4. The van der Waals surface area contributed by atoms with Gasteiger partial charge in [-0.2, -0.15) is 0 Å². The van der Waals surface area contributed by atoms with E-state index in [1.165, 1.54) is 0 Å². The number of benzene rings is 1. The minimum Gasteiger partial charge on any atom is -0.381 e. The van der Waals surface area contributed by atoms with Crippen molar-refractivity contribution in [1.82, 2.24) is 9.97 Å². The van der Waals surface area contributed by atoms with Gasteiger partial charge in [0.25, 0.3) is 0 Å². The molecule has 4 rings (SSSR count). The Balaban J connectivity index is 1.39. The topological polar surface area (TPSA) is 126 Å². The molecule has 2 aliphatic rings. The van der Waals surface area contributed by atoms with Gasteiger partial charge in [0, 0.05) is 24.5 Å². The predicted molar refractivity (Wildman–Crippen MR) is 120 cm³/mol. The van der Waals surface area contributed by atoms with Crippen molar-refractivity contribution in [1.29, 1.82) is 0 Å². The monoisotopic (exact) mass is 489 g/mol. The van der Waals surface area contributed by atoms with Crippen molar-refractivity contribution in [2.24, 2.45) is 5.92 Å². The van der Waals surface area contributed by atoms with Crippen LogP contribution in [0.5, 0.6) is 0 Å². The highest BCUT2D eigenvalue weighted by Crippen LogP contribution is 2.44. The standard InChI is InChI=1S/C19H26ClN3O6P2/c20-19-22-16-7-13(17-4-2-14(29-17)10-28-31(26)11-30(24)25)1-3-15(16)18(23-19)21-8-12-5-6-27-9-12/h1,3,7,12,14,17,24-26H,2,4-6,8-11H2,(H,21,22,23)/t12?,14-,17+,31?/m0/s1. The van der Waals surface area contributed by atoms with E-state index in [-0.39, 0.29) is 30.0 Å². The molecule has 4 atom stereocenters. The van der Waals surface area contributed by atoms with E-state index in [1.807, 2.05) is 18.2 Å². The minimum absolute atomic E-state index is 0.100. The zero-order valence-corrected chi connectivity index (χ0v) is 19.4. The zero-order valence-electron chi connectivity index (χ0n) is 16.9. The van der Waals surface area contributed by atoms with Gasteiger partial charge in [0.1, 0.15) is 5.82 Å². The van der Waals surface area contributed by atoms with Crippen LogP contribution < -0.4 is 5.32 Å². The minimum atomic E-state index is -2.16. The van der Waals surface area contributed by atoms with Gasteiger partial charge in [-0.25, -0.2) is 9.97 Å². The molecule has 0 aliphatic carbocycles. The number of halogens is 1. The van der Waals surface area contributed by atoms with Gasteiger partial charge in [-0.1, -0.05) is 6.07 Å². The first kappa shape index (κ1) is 23.4. The molecule has 2 unspecified atom stereocenters. The van der Waals surface area contributed by atoms with Crippen LogP contribution in [0.15, 0.2) is 18.2 Å². The first-order valence-electron chi connectivity index (χ1n) is 10.2. The summed E-state index contributed by atoms with van der Waals surface area (Å²) in [6.07, 6.45) is 2.40. The van der Waals surface area contributed by atoms with Gasteiger partial charge in [-0.3, -0.25) is 0 Å². The van der Waals surface area contributed by atoms with E-state index >= 15 is 0 Å². The summed E-state index contributed by atoms with van der Waals surface area (Å²) in [6, 6.07) is 5.98. The van der Waals surface area contributed by atoms with Crippen LogP contribution >= 0.6 is 28.4 Å². The second-order valence-corrected chi connectivity index (χ2v) is 10.9. The molecule has 1 aromatic heterocycles. The second kappa shape index (κ2) is 10.9. The maximum Gasteiger partial charge on any atom is 0.224 e.